The number of hydrogen-bond acceptors (Lipinski definition) is 5. The van der Waals surface area contributed by atoms with E-state index in [9.17, 15) is 0 Å². The van der Waals surface area contributed by atoms with Gasteiger partial charge in [-0.1, -0.05) is 60.7 Å². The maximum atomic E-state index is 9.10. The number of rotatable bonds is 9. The minimum Gasteiger partial charge on any atom is -0.488 e. The number of hydrogen-bond donors (Lipinski definition) is 3. The Labute approximate surface area is 193 Å². The fourth-order valence-electron chi connectivity index (χ4n) is 2.88. The average molecular weight is 452 g/mol. The van der Waals surface area contributed by atoms with Crippen molar-refractivity contribution in [3.05, 3.63) is 84.4 Å². The van der Waals surface area contributed by atoms with Crippen LogP contribution in [0.4, 0.5) is 0 Å². The van der Waals surface area contributed by atoms with E-state index in [1.54, 1.807) is 0 Å². The van der Waals surface area contributed by atoms with Crippen molar-refractivity contribution in [1.29, 1.82) is 0 Å². The fourth-order valence-corrected chi connectivity index (χ4v) is 2.88. The molecule has 7 nitrogen and oxygen atoms in total. The van der Waals surface area contributed by atoms with Gasteiger partial charge in [0.05, 0.1) is 6.10 Å². The quantitative estimate of drug-likeness (QED) is 0.326. The van der Waals surface area contributed by atoms with Gasteiger partial charge in [-0.15, -0.1) is 0 Å². The van der Waals surface area contributed by atoms with Crippen LogP contribution in [0.1, 0.15) is 19.4 Å². The molecule has 33 heavy (non-hydrogen) atoms. The number of ether oxygens (including phenoxy) is 2. The van der Waals surface area contributed by atoms with Crippen LogP contribution >= 0.6 is 0 Å². The van der Waals surface area contributed by atoms with Gasteiger partial charge in [0.2, 0.25) is 0 Å². The van der Waals surface area contributed by atoms with E-state index in [2.05, 4.69) is 53.8 Å². The van der Waals surface area contributed by atoms with Crippen molar-refractivity contribution >= 4 is 11.9 Å². The molecule has 0 saturated heterocycles. The van der Waals surface area contributed by atoms with Gasteiger partial charge in [0.1, 0.15) is 6.61 Å². The Hall–Kier alpha value is -3.84. The highest BCUT2D eigenvalue weighted by atomic mass is 16.5. The van der Waals surface area contributed by atoms with Crippen molar-refractivity contribution in [1.82, 2.24) is 5.32 Å². The van der Waals surface area contributed by atoms with Gasteiger partial charge in [0, 0.05) is 13.1 Å². The van der Waals surface area contributed by atoms with Crippen LogP contribution in [0.2, 0.25) is 0 Å². The van der Waals surface area contributed by atoms with Gasteiger partial charge in [-0.25, -0.2) is 9.59 Å². The monoisotopic (exact) mass is 451 g/mol. The predicted octanol–water partition coefficient (Wildman–Crippen LogP) is 4.47. The summed E-state index contributed by atoms with van der Waals surface area (Å²) in [5.41, 5.74) is 3.75. The standard InChI is InChI=1S/C24H27NO2.C2H2O4/c1-19(2)27-24-14-7-6-13-23(24)26-16-15-25-18-20-9-8-12-22(17-20)21-10-4-3-5-11-21;3-1(4)2(5)6/h3-14,17,19,25H,15-16,18H2,1-2H3;(H,3,4)(H,5,6). The molecule has 0 unspecified atom stereocenters. The number of benzene rings is 3. The van der Waals surface area contributed by atoms with Gasteiger partial charge in [0.25, 0.3) is 0 Å². The molecule has 3 rings (SSSR count). The van der Waals surface area contributed by atoms with Gasteiger partial charge in [-0.2, -0.15) is 0 Å². The number of para-hydroxylation sites is 2. The first-order chi connectivity index (χ1) is 15.9. The van der Waals surface area contributed by atoms with E-state index in [4.69, 9.17) is 29.3 Å². The number of carboxylic acid groups (broad SMARTS) is 2. The molecule has 0 saturated carbocycles. The molecule has 0 bridgehead atoms. The summed E-state index contributed by atoms with van der Waals surface area (Å²) in [6.45, 7) is 6.21. The Morgan fingerprint density at radius 2 is 1.42 bits per heavy atom. The molecular weight excluding hydrogens is 422 g/mol. The summed E-state index contributed by atoms with van der Waals surface area (Å²) >= 11 is 0. The Kier molecular flexibility index (Phi) is 10.4. The molecule has 0 aliphatic carbocycles. The Morgan fingerprint density at radius 3 is 2.06 bits per heavy atom. The molecule has 3 aromatic carbocycles. The lowest BCUT2D eigenvalue weighted by atomic mass is 10.0. The summed E-state index contributed by atoms with van der Waals surface area (Å²) < 4.78 is 11.7. The highest BCUT2D eigenvalue weighted by Crippen LogP contribution is 2.27. The third-order valence-corrected chi connectivity index (χ3v) is 4.29. The Morgan fingerprint density at radius 1 is 0.818 bits per heavy atom. The van der Waals surface area contributed by atoms with Crippen LogP contribution in [0.3, 0.4) is 0 Å². The Balaban J connectivity index is 0.000000569. The molecule has 0 aliphatic rings. The Bertz CT molecular complexity index is 1010. The zero-order valence-corrected chi connectivity index (χ0v) is 18.7. The van der Waals surface area contributed by atoms with Gasteiger partial charge < -0.3 is 25.0 Å². The summed E-state index contributed by atoms with van der Waals surface area (Å²) in [5, 5.41) is 18.2. The molecule has 3 aromatic rings. The molecule has 0 spiro atoms. The molecule has 0 atom stereocenters. The first kappa shape index (κ1) is 25.4. The van der Waals surface area contributed by atoms with Crippen molar-refractivity contribution < 1.29 is 29.3 Å². The topological polar surface area (TPSA) is 105 Å². The van der Waals surface area contributed by atoms with Crippen LogP contribution in [0.25, 0.3) is 11.1 Å². The van der Waals surface area contributed by atoms with Crippen LogP contribution in [0.15, 0.2) is 78.9 Å². The first-order valence-corrected chi connectivity index (χ1v) is 10.6. The van der Waals surface area contributed by atoms with Crippen molar-refractivity contribution in [2.75, 3.05) is 13.2 Å². The van der Waals surface area contributed by atoms with Gasteiger partial charge in [-0.05, 0) is 48.7 Å². The number of nitrogens with one attached hydrogen (secondary N) is 1. The molecule has 0 fully saturated rings. The van der Waals surface area contributed by atoms with E-state index in [-0.39, 0.29) is 6.10 Å². The average Bonchev–Trinajstić information content (AvgIpc) is 2.81. The van der Waals surface area contributed by atoms with E-state index in [1.165, 1.54) is 16.7 Å². The van der Waals surface area contributed by atoms with Crippen LogP contribution in [0.5, 0.6) is 11.5 Å². The van der Waals surface area contributed by atoms with E-state index >= 15 is 0 Å². The van der Waals surface area contributed by atoms with Crippen molar-refractivity contribution in [3.8, 4) is 22.6 Å². The second kappa shape index (κ2) is 13.5. The van der Waals surface area contributed by atoms with Crippen LogP contribution in [0, 0.1) is 0 Å². The number of aliphatic carboxylic acids is 2. The molecule has 0 radical (unpaired) electrons. The normalized spacial score (nSPS) is 10.2. The molecule has 174 valence electrons. The lowest BCUT2D eigenvalue weighted by Crippen LogP contribution is -2.21. The molecular formula is C26H29NO6. The second-order valence-electron chi connectivity index (χ2n) is 7.32. The summed E-state index contributed by atoms with van der Waals surface area (Å²) in [5.74, 6) is -2.06. The molecule has 0 aromatic heterocycles. The SMILES string of the molecule is CC(C)Oc1ccccc1OCCNCc1cccc(-c2ccccc2)c1.O=C(O)C(=O)O. The van der Waals surface area contributed by atoms with Gasteiger partial charge in [0.15, 0.2) is 11.5 Å². The van der Waals surface area contributed by atoms with Crippen LogP contribution in [-0.4, -0.2) is 41.4 Å². The zero-order valence-electron chi connectivity index (χ0n) is 18.7. The minimum absolute atomic E-state index is 0.129. The lowest BCUT2D eigenvalue weighted by molar-refractivity contribution is -0.159. The van der Waals surface area contributed by atoms with E-state index < -0.39 is 11.9 Å². The largest absolute Gasteiger partial charge is 0.488 e. The smallest absolute Gasteiger partial charge is 0.414 e. The van der Waals surface area contributed by atoms with Crippen molar-refractivity contribution in [2.45, 2.75) is 26.5 Å². The van der Waals surface area contributed by atoms with Crippen LogP contribution < -0.4 is 14.8 Å². The molecule has 0 amide bonds. The molecule has 7 heteroatoms. The number of carboxylic acids is 2. The molecule has 0 aliphatic heterocycles. The third-order valence-electron chi connectivity index (χ3n) is 4.29. The van der Waals surface area contributed by atoms with E-state index in [0.29, 0.717) is 6.61 Å². The second-order valence-corrected chi connectivity index (χ2v) is 7.32. The summed E-state index contributed by atoms with van der Waals surface area (Å²) in [7, 11) is 0. The minimum atomic E-state index is -1.82. The predicted molar refractivity (Wildman–Crippen MR) is 127 cm³/mol. The van der Waals surface area contributed by atoms with Gasteiger partial charge >= 0.3 is 11.9 Å². The summed E-state index contributed by atoms with van der Waals surface area (Å²) in [4.78, 5) is 18.2. The lowest BCUT2D eigenvalue weighted by Gasteiger charge is -2.15. The zero-order chi connectivity index (χ0) is 24.1. The maximum Gasteiger partial charge on any atom is 0.414 e. The van der Waals surface area contributed by atoms with E-state index in [0.717, 1.165) is 24.6 Å². The summed E-state index contributed by atoms with van der Waals surface area (Å²) in [6, 6.07) is 26.9. The van der Waals surface area contributed by atoms with Crippen LogP contribution in [-0.2, 0) is 16.1 Å². The van der Waals surface area contributed by atoms with Crippen molar-refractivity contribution in [3.63, 3.8) is 0 Å². The molecule has 3 N–H and O–H groups in total. The fraction of sp³-hybridized carbons (Fsp3) is 0.231. The van der Waals surface area contributed by atoms with E-state index in [1.807, 2.05) is 44.2 Å². The number of carbonyl (C=O) groups is 2. The third kappa shape index (κ3) is 9.45. The van der Waals surface area contributed by atoms with Gasteiger partial charge in [-0.3, -0.25) is 0 Å². The highest BCUT2D eigenvalue weighted by molar-refractivity contribution is 6.27. The summed E-state index contributed by atoms with van der Waals surface area (Å²) in [6.07, 6.45) is 0.129. The first-order valence-electron chi connectivity index (χ1n) is 10.6. The van der Waals surface area contributed by atoms with Crippen molar-refractivity contribution in [2.24, 2.45) is 0 Å². The highest BCUT2D eigenvalue weighted by Gasteiger charge is 2.06. The molecule has 0 heterocycles. The maximum absolute atomic E-state index is 9.10.